The first-order valence-electron chi connectivity index (χ1n) is 27.5. The number of para-hydroxylation sites is 2. The van der Waals surface area contributed by atoms with Gasteiger partial charge in [0.2, 0.25) is 11.8 Å². The minimum atomic E-state index is -4.81. The zero-order chi connectivity index (χ0) is 58.5. The quantitative estimate of drug-likeness (QED) is 0.0364. The highest BCUT2D eigenvalue weighted by Gasteiger charge is 2.53. The number of ether oxygens (including phenoxy) is 2. The number of aromatic nitrogens is 4. The van der Waals surface area contributed by atoms with Crippen molar-refractivity contribution >= 4 is 43.2 Å². The van der Waals surface area contributed by atoms with Gasteiger partial charge in [0.1, 0.15) is 19.7 Å². The van der Waals surface area contributed by atoms with Gasteiger partial charge in [0.05, 0.1) is 18.2 Å². The van der Waals surface area contributed by atoms with Crippen LogP contribution in [-0.4, -0.2) is 99.2 Å². The predicted octanol–water partition coefficient (Wildman–Crippen LogP) is 12.5. The zero-order valence-corrected chi connectivity index (χ0v) is 46.4. The summed E-state index contributed by atoms with van der Waals surface area (Å²) in [5, 5.41) is 22.9. The molecule has 2 aliphatic heterocycles. The first-order valence-corrected chi connectivity index (χ1v) is 30.9. The van der Waals surface area contributed by atoms with Crippen molar-refractivity contribution in [2.45, 2.75) is 159 Å². The fourth-order valence-electron chi connectivity index (χ4n) is 12.1. The maximum atomic E-state index is 13.9. The Balaban J connectivity index is 0.000000178. The van der Waals surface area contributed by atoms with Gasteiger partial charge in [-0.1, -0.05) is 74.1 Å². The number of anilines is 2. The van der Waals surface area contributed by atoms with E-state index in [0.717, 1.165) is 111 Å². The van der Waals surface area contributed by atoms with Crippen LogP contribution in [0.5, 0.6) is 11.5 Å². The van der Waals surface area contributed by atoms with E-state index in [1.165, 1.54) is 24.3 Å². The average Bonchev–Trinajstić information content (AvgIpc) is 3.34. The van der Waals surface area contributed by atoms with E-state index in [1.807, 2.05) is 78.0 Å². The number of amides is 4. The van der Waals surface area contributed by atoms with Crippen molar-refractivity contribution < 1.29 is 55.0 Å². The second-order valence-electron chi connectivity index (χ2n) is 22.2. The van der Waals surface area contributed by atoms with Gasteiger partial charge in [0.25, 0.3) is 11.8 Å². The fourth-order valence-corrected chi connectivity index (χ4v) is 12.4. The molecule has 432 valence electrons. The second kappa shape index (κ2) is 24.6. The molecule has 4 aliphatic carbocycles. The number of hydrogen-bond acceptors (Lipinski definition) is 11. The lowest BCUT2D eigenvalue weighted by Crippen LogP contribution is -2.53. The number of rotatable bonds is 14. The van der Waals surface area contributed by atoms with E-state index in [9.17, 15) is 45.5 Å². The molecule has 4 saturated carbocycles. The van der Waals surface area contributed by atoms with Gasteiger partial charge < -0.3 is 29.1 Å². The molecule has 5 aromatic rings. The molecule has 3 heterocycles. The van der Waals surface area contributed by atoms with Gasteiger partial charge in [-0.15, -0.1) is 41.3 Å². The summed E-state index contributed by atoms with van der Waals surface area (Å²) in [6, 6.07) is 27.1. The minimum absolute atomic E-state index is 0.0236. The van der Waals surface area contributed by atoms with Crippen molar-refractivity contribution in [2.75, 3.05) is 9.80 Å². The number of benzene rings is 4. The van der Waals surface area contributed by atoms with Crippen LogP contribution in [0.4, 0.5) is 37.7 Å². The third-order valence-corrected chi connectivity index (χ3v) is 16.2. The van der Waals surface area contributed by atoms with Crippen LogP contribution in [0.2, 0.25) is 19.6 Å². The predicted molar refractivity (Wildman–Crippen MR) is 290 cm³/mol. The molecule has 1 aromatic heterocycles. The van der Waals surface area contributed by atoms with Crippen LogP contribution in [0.1, 0.15) is 133 Å². The number of nitrogens with zero attached hydrogens (tertiary/aromatic N) is 11. The summed E-state index contributed by atoms with van der Waals surface area (Å²) in [7, 11) is -1.45. The lowest BCUT2D eigenvalue weighted by molar-refractivity contribution is -0.275. The van der Waals surface area contributed by atoms with Gasteiger partial charge in [-0.3, -0.25) is 19.2 Å². The number of halogens is 6. The Kier molecular flexibility index (Phi) is 17.6. The van der Waals surface area contributed by atoms with Crippen molar-refractivity contribution in [3.05, 3.63) is 136 Å². The number of fused-ring (bicyclic) bond motifs is 4. The number of nitrogens with one attached hydrogen (secondary N) is 1. The number of carbonyl (C=O) groups excluding carboxylic acids is 4. The molecule has 0 spiro atoms. The van der Waals surface area contributed by atoms with E-state index < -0.39 is 21.0 Å². The number of alkyl halides is 6. The molecule has 6 aliphatic rings. The number of H-pyrrole nitrogens is 1. The van der Waals surface area contributed by atoms with E-state index in [1.54, 1.807) is 9.80 Å². The lowest BCUT2D eigenvalue weighted by atomic mass is 9.81. The molecule has 6 atom stereocenters. The zero-order valence-electron chi connectivity index (χ0n) is 45.4. The minimum Gasteiger partial charge on any atom is -0.406 e. The number of carbonyl (C=O) groups is 4. The molecule has 4 amide bonds. The van der Waals surface area contributed by atoms with Crippen LogP contribution in [0, 0.1) is 23.2 Å². The topological polar surface area (TPSA) is 227 Å². The monoisotopic (exact) mass is 1150 g/mol. The third-order valence-electron chi connectivity index (χ3n) is 15.5. The van der Waals surface area contributed by atoms with E-state index >= 15 is 0 Å². The molecule has 18 nitrogen and oxygen atoms in total. The van der Waals surface area contributed by atoms with Gasteiger partial charge in [-0.25, -0.2) is 0 Å². The van der Waals surface area contributed by atoms with Crippen molar-refractivity contribution in [2.24, 2.45) is 16.6 Å². The molecule has 4 fully saturated rings. The van der Waals surface area contributed by atoms with Crippen LogP contribution >= 0.6 is 0 Å². The Bertz CT molecular complexity index is 3180. The molecule has 11 rings (SSSR count). The Morgan fingerprint density at radius 3 is 1.49 bits per heavy atom. The molecule has 25 heteroatoms. The number of azide groups is 1. The van der Waals surface area contributed by atoms with Crippen molar-refractivity contribution in [1.29, 1.82) is 5.26 Å². The van der Waals surface area contributed by atoms with E-state index in [0.29, 0.717) is 12.2 Å². The van der Waals surface area contributed by atoms with Crippen molar-refractivity contribution in [3.63, 3.8) is 0 Å². The van der Waals surface area contributed by atoms with Crippen LogP contribution < -0.4 is 19.3 Å². The Morgan fingerprint density at radius 2 is 1.12 bits per heavy atom. The third kappa shape index (κ3) is 13.8. The standard InChI is InChI=1S/C27H27F3N6O3.C27H26F3N3O3.C3H9N3Si/c28-27(29,30)39-18-12-8-16(9-13-18)26(38)36-21-6-2-1-4-19(21)25(20-5-3-7-22(20)36)35(17-10-11-17)24(37)15-14-23-31-33-34-32-23;28-27(29,30)36-19-14-10-17(11-15-19)26(35)33-22-7-2-1-5-20(22)25(21-6-3-8-23(21)33)32(18-12-13-18)24(34)9-4-16-31;1-7(2,3)6-5-4/h1-2,4,6,8-9,12-13,17,20,22,25H,3,5,7,10-11,14-15H2,(H,31,32,33,34);1-2,5,7,10-11,14-15,18,21,23,25H,3-4,6,8-9,12-13H2;1-3H3. The Morgan fingerprint density at radius 1 is 0.683 bits per heavy atom. The highest BCUT2D eigenvalue weighted by atomic mass is 28.3. The Hall–Kier alpha value is -7.97. The molecular formula is C57H62F6N12O6Si. The summed E-state index contributed by atoms with van der Waals surface area (Å²) in [6.45, 7) is 5.98. The summed E-state index contributed by atoms with van der Waals surface area (Å²) in [4.78, 5) is 64.8. The van der Waals surface area contributed by atoms with E-state index in [4.69, 9.17) is 10.8 Å². The number of hydrogen-bond donors (Lipinski definition) is 1. The fraction of sp³-hybridized carbons (Fsp3) is 0.474. The Labute approximate surface area is 470 Å². The normalized spacial score (nSPS) is 21.5. The van der Waals surface area contributed by atoms with Crippen molar-refractivity contribution in [1.82, 2.24) is 30.4 Å². The molecule has 0 radical (unpaired) electrons. The summed E-state index contributed by atoms with van der Waals surface area (Å²) >= 11 is 0. The lowest BCUT2D eigenvalue weighted by Gasteiger charge is -2.48. The number of aromatic amines is 1. The largest absolute Gasteiger partial charge is 0.573 e. The van der Waals surface area contributed by atoms with Crippen molar-refractivity contribution in [3.8, 4) is 17.6 Å². The summed E-state index contributed by atoms with van der Waals surface area (Å²) < 4.78 is 87.0. The van der Waals surface area contributed by atoms with Gasteiger partial charge >= 0.3 is 12.7 Å². The smallest absolute Gasteiger partial charge is 0.406 e. The van der Waals surface area contributed by atoms with Crippen LogP contribution in [0.3, 0.4) is 0 Å². The van der Waals surface area contributed by atoms with Gasteiger partial charge in [0.15, 0.2) is 5.82 Å². The highest BCUT2D eigenvalue weighted by molar-refractivity contribution is 6.74. The molecule has 0 saturated heterocycles. The first kappa shape index (κ1) is 58.7. The number of tetrazole rings is 1. The van der Waals surface area contributed by atoms with Gasteiger partial charge in [-0.05, 0) is 134 Å². The molecule has 0 bridgehead atoms. The summed E-state index contributed by atoms with van der Waals surface area (Å²) in [5.41, 5.74) is 11.7. The van der Waals surface area contributed by atoms with Gasteiger partial charge in [-0.2, -0.15) is 10.5 Å². The van der Waals surface area contributed by atoms with Gasteiger partial charge in [0, 0.05) is 84.2 Å². The first-order chi connectivity index (χ1) is 39.1. The maximum Gasteiger partial charge on any atom is 0.573 e. The molecule has 6 unspecified atom stereocenters. The molecule has 1 N–H and O–H groups in total. The SMILES string of the molecule is C[Si](C)(C)N=[N+]=[N-].N#CCCC(=O)N(C1CC1)C1c2ccccc2N(C(=O)c2ccc(OC(F)(F)F)cc2)C2CCCC21.O=C(c1ccc(OC(F)(F)F)cc1)N1c2ccccc2C(N(C(=O)CCc2nn[nH]n2)C2CC2)C2CCCC21. The molecule has 82 heavy (non-hydrogen) atoms. The van der Waals surface area contributed by atoms with Crippen LogP contribution in [0.25, 0.3) is 10.4 Å². The second-order valence-corrected chi connectivity index (χ2v) is 26.8. The summed E-state index contributed by atoms with van der Waals surface area (Å²) in [6.07, 6.45) is 0.263. The highest BCUT2D eigenvalue weighted by Crippen LogP contribution is 2.55. The van der Waals surface area contributed by atoms with Crippen LogP contribution in [-0.2, 0) is 16.0 Å². The maximum absolute atomic E-state index is 13.9. The number of nitriles is 1. The molecular weight excluding hydrogens is 1090 g/mol. The van der Waals surface area contributed by atoms with E-state index in [2.05, 4.69) is 45.9 Å². The average molecular weight is 1150 g/mol. The van der Waals surface area contributed by atoms with Crippen LogP contribution in [0.15, 0.2) is 102 Å². The summed E-state index contributed by atoms with van der Waals surface area (Å²) in [5.74, 6) is -0.732. The van der Waals surface area contributed by atoms with E-state index in [-0.39, 0.29) is 114 Å². The molecule has 4 aromatic carbocycles. The number of aryl methyl sites for hydroxylation is 1.